The Kier molecular flexibility index (Phi) is 10.9. The predicted octanol–water partition coefficient (Wildman–Crippen LogP) is -1.04. The summed E-state index contributed by atoms with van der Waals surface area (Å²) in [7, 11) is 0. The molecule has 14 heteroatoms. The highest BCUT2D eigenvalue weighted by Gasteiger charge is 2.44. The van der Waals surface area contributed by atoms with Crippen LogP contribution in [0.1, 0.15) is 12.5 Å². The maximum atomic E-state index is 11.3. The van der Waals surface area contributed by atoms with E-state index >= 15 is 0 Å². The lowest BCUT2D eigenvalue weighted by Crippen LogP contribution is -2.59. The fourth-order valence-corrected chi connectivity index (χ4v) is 4.70. The second-order valence-corrected chi connectivity index (χ2v) is 9.57. The molecule has 3 rings (SSSR count). The monoisotopic (exact) mass is 547 g/mol. The first-order chi connectivity index (χ1) is 17.7. The van der Waals surface area contributed by atoms with Gasteiger partial charge in [-0.1, -0.05) is 0 Å². The summed E-state index contributed by atoms with van der Waals surface area (Å²) in [5.41, 5.74) is -0.758. The molecule has 0 aliphatic carbocycles. The predicted molar refractivity (Wildman–Crippen MR) is 130 cm³/mol. The van der Waals surface area contributed by atoms with E-state index in [0.717, 1.165) is 0 Å². The average molecular weight is 548 g/mol. The number of phenols is 1. The molecular weight excluding hydrogens is 514 g/mol. The van der Waals surface area contributed by atoms with Gasteiger partial charge in [-0.05, 0) is 19.1 Å². The van der Waals surface area contributed by atoms with Gasteiger partial charge in [0.1, 0.15) is 47.6 Å². The molecule has 6 N–H and O–H groups in total. The molecule has 0 bridgehead atoms. The van der Waals surface area contributed by atoms with Crippen molar-refractivity contribution < 1.29 is 59.1 Å². The van der Waals surface area contributed by atoms with Crippen molar-refractivity contribution in [3.8, 4) is 11.5 Å². The molecule has 13 nitrogen and oxygen atoms in total. The quantitative estimate of drug-likeness (QED) is 0.155. The van der Waals surface area contributed by atoms with Crippen LogP contribution in [-0.4, -0.2) is 130 Å². The Morgan fingerprint density at radius 1 is 1.08 bits per heavy atom. The zero-order valence-corrected chi connectivity index (χ0v) is 21.1. The molecule has 2 aliphatic rings. The van der Waals surface area contributed by atoms with Gasteiger partial charge in [0.2, 0.25) is 0 Å². The smallest absolute Gasteiger partial charge is 0.332 e. The Balaban J connectivity index is 1.26. The summed E-state index contributed by atoms with van der Waals surface area (Å²) < 4.78 is 26.9. The molecular formula is C23H33NO12S. The Bertz CT molecular complexity index is 931. The second kappa shape index (κ2) is 13.7. The summed E-state index contributed by atoms with van der Waals surface area (Å²) >= 11 is 1.28. The molecule has 0 spiro atoms. The molecule has 1 aromatic carbocycles. The molecule has 0 saturated carbocycles. The highest BCUT2D eigenvalue weighted by Crippen LogP contribution is 2.35. The van der Waals surface area contributed by atoms with E-state index in [4.69, 9.17) is 28.8 Å². The normalized spacial score (nSPS) is 29.8. The summed E-state index contributed by atoms with van der Waals surface area (Å²) in [6.45, 7) is 2.26. The van der Waals surface area contributed by atoms with Crippen LogP contribution in [0.3, 0.4) is 0 Å². The zero-order chi connectivity index (χ0) is 27.0. The number of carboxylic acid groups (broad SMARTS) is 1. The number of ether oxygens (including phenoxy) is 5. The number of nitrogens with zero attached hydrogens (tertiary/aromatic N) is 1. The van der Waals surface area contributed by atoms with Crippen molar-refractivity contribution in [2.24, 2.45) is 4.99 Å². The lowest BCUT2D eigenvalue weighted by Gasteiger charge is -2.39. The molecule has 2 heterocycles. The van der Waals surface area contributed by atoms with E-state index in [-0.39, 0.29) is 45.4 Å². The van der Waals surface area contributed by atoms with Gasteiger partial charge in [-0.25, -0.2) is 4.79 Å². The molecule has 2 aliphatic heterocycles. The van der Waals surface area contributed by atoms with Gasteiger partial charge in [-0.15, -0.1) is 11.8 Å². The van der Waals surface area contributed by atoms with Gasteiger partial charge in [0, 0.05) is 17.4 Å². The van der Waals surface area contributed by atoms with E-state index in [1.807, 2.05) is 0 Å². The van der Waals surface area contributed by atoms with Crippen molar-refractivity contribution in [3.63, 3.8) is 0 Å². The number of hydrogen-bond donors (Lipinski definition) is 6. The maximum Gasteiger partial charge on any atom is 0.332 e. The van der Waals surface area contributed by atoms with Gasteiger partial charge in [-0.2, -0.15) is 0 Å². The minimum Gasteiger partial charge on any atom is -0.507 e. The first-order valence-electron chi connectivity index (χ1n) is 11.7. The van der Waals surface area contributed by atoms with Crippen LogP contribution in [-0.2, 0) is 23.7 Å². The third kappa shape index (κ3) is 7.75. The fourth-order valence-electron chi connectivity index (χ4n) is 3.50. The highest BCUT2D eigenvalue weighted by molar-refractivity contribution is 8.14. The van der Waals surface area contributed by atoms with Gasteiger partial charge in [0.05, 0.1) is 39.6 Å². The van der Waals surface area contributed by atoms with E-state index in [1.165, 1.54) is 24.8 Å². The van der Waals surface area contributed by atoms with Crippen molar-refractivity contribution in [3.05, 3.63) is 23.8 Å². The molecule has 3 unspecified atom stereocenters. The minimum atomic E-state index is -1.50. The Labute approximate surface area is 217 Å². The molecule has 208 valence electrons. The molecule has 1 aromatic rings. The van der Waals surface area contributed by atoms with Crippen LogP contribution in [0.2, 0.25) is 0 Å². The summed E-state index contributed by atoms with van der Waals surface area (Å²) in [6.07, 6.45) is -6.62. The lowest BCUT2D eigenvalue weighted by atomic mass is 9.99. The Morgan fingerprint density at radius 2 is 1.76 bits per heavy atom. The SMILES string of the molecule is C[C@]1(C(=O)O)CSC(c2ccc(OCCOCCOCCO[C@H]3OC(CO)[C@H](O)C(O)C3O)cc2O)=N1. The van der Waals surface area contributed by atoms with Crippen LogP contribution in [0.15, 0.2) is 23.2 Å². The molecule has 37 heavy (non-hydrogen) atoms. The van der Waals surface area contributed by atoms with Gasteiger partial charge in [0.15, 0.2) is 11.8 Å². The van der Waals surface area contributed by atoms with Crippen molar-refractivity contribution >= 4 is 22.8 Å². The van der Waals surface area contributed by atoms with Gasteiger partial charge in [0.25, 0.3) is 0 Å². The van der Waals surface area contributed by atoms with Crippen LogP contribution in [0.25, 0.3) is 0 Å². The van der Waals surface area contributed by atoms with Gasteiger partial charge < -0.3 is 54.3 Å². The summed E-state index contributed by atoms with van der Waals surface area (Å²) in [5.74, 6) is -0.349. The van der Waals surface area contributed by atoms with E-state index in [0.29, 0.717) is 22.1 Å². The molecule has 1 saturated heterocycles. The number of aliphatic carboxylic acids is 1. The van der Waals surface area contributed by atoms with Crippen LogP contribution >= 0.6 is 11.8 Å². The van der Waals surface area contributed by atoms with E-state index in [9.17, 15) is 30.3 Å². The highest BCUT2D eigenvalue weighted by atomic mass is 32.2. The third-order valence-corrected chi connectivity index (χ3v) is 7.02. The topological polar surface area (TPSA) is 197 Å². The van der Waals surface area contributed by atoms with Crippen LogP contribution in [0.4, 0.5) is 0 Å². The van der Waals surface area contributed by atoms with Crippen molar-refractivity contribution in [2.75, 3.05) is 52.0 Å². The number of rotatable bonds is 14. The number of benzene rings is 1. The number of hydrogen-bond acceptors (Lipinski definition) is 13. The second-order valence-electron chi connectivity index (χ2n) is 8.60. The number of aliphatic hydroxyl groups is 4. The Morgan fingerprint density at radius 3 is 2.38 bits per heavy atom. The molecule has 1 fully saturated rings. The van der Waals surface area contributed by atoms with E-state index in [1.54, 1.807) is 12.1 Å². The standard InChI is InChI=1S/C23H33NO12S/c1-23(22(30)31)12-37-20(24-23)14-3-2-13(10-15(14)26)34-8-6-32-4-5-33-7-9-35-21-19(29)18(28)17(27)16(11-25)36-21/h2-3,10,16-19,21,25-29H,4-9,11-12H2,1H3,(H,30,31)/t16?,17-,18?,19?,21-,23+/m0/s1. The maximum absolute atomic E-state index is 11.3. The van der Waals surface area contributed by atoms with Crippen molar-refractivity contribution in [1.29, 1.82) is 0 Å². The number of aliphatic hydroxyl groups excluding tert-OH is 4. The van der Waals surface area contributed by atoms with Gasteiger partial charge in [-0.3, -0.25) is 4.99 Å². The number of aliphatic imine (C=N–C) groups is 1. The van der Waals surface area contributed by atoms with Crippen molar-refractivity contribution in [2.45, 2.75) is 43.2 Å². The third-order valence-electron chi connectivity index (χ3n) is 5.73. The largest absolute Gasteiger partial charge is 0.507 e. The number of thioether (sulfide) groups is 1. The number of aromatic hydroxyl groups is 1. The number of carbonyl (C=O) groups is 1. The molecule has 0 radical (unpaired) electrons. The first-order valence-corrected chi connectivity index (χ1v) is 12.6. The van der Waals surface area contributed by atoms with E-state index < -0.39 is 48.8 Å². The minimum absolute atomic E-state index is 0.0474. The zero-order valence-electron chi connectivity index (χ0n) is 20.3. The van der Waals surface area contributed by atoms with Crippen LogP contribution in [0.5, 0.6) is 11.5 Å². The Hall–Kier alpha value is -2.01. The van der Waals surface area contributed by atoms with E-state index in [2.05, 4.69) is 4.99 Å². The number of carboxylic acids is 1. The molecule has 0 amide bonds. The summed E-state index contributed by atoms with van der Waals surface area (Å²) in [5, 5.41) is 58.6. The summed E-state index contributed by atoms with van der Waals surface area (Å²) in [4.78, 5) is 15.6. The fraction of sp³-hybridized carbons (Fsp3) is 0.652. The first kappa shape index (κ1) is 29.5. The molecule has 6 atom stereocenters. The average Bonchev–Trinajstić information content (AvgIpc) is 3.28. The van der Waals surface area contributed by atoms with Crippen LogP contribution in [0, 0.1) is 0 Å². The summed E-state index contributed by atoms with van der Waals surface area (Å²) in [6, 6.07) is 4.73. The van der Waals surface area contributed by atoms with Crippen molar-refractivity contribution in [1.82, 2.24) is 0 Å². The van der Waals surface area contributed by atoms with Gasteiger partial charge >= 0.3 is 5.97 Å². The van der Waals surface area contributed by atoms with Crippen LogP contribution < -0.4 is 4.74 Å². The molecule has 0 aromatic heterocycles. The number of phenolic OH excluding ortho intramolecular Hbond substituents is 1. The lowest BCUT2D eigenvalue weighted by molar-refractivity contribution is -0.302.